The number of nitrogens with zero attached hydrogens (tertiary/aromatic N) is 2. The molecule has 1 aliphatic rings. The van der Waals surface area contributed by atoms with Gasteiger partial charge in [-0.1, -0.05) is 43.3 Å². The summed E-state index contributed by atoms with van der Waals surface area (Å²) in [5, 5.41) is 2.94. The summed E-state index contributed by atoms with van der Waals surface area (Å²) in [5.74, 6) is -0.847. The molecule has 0 saturated carbocycles. The highest BCUT2D eigenvalue weighted by Gasteiger charge is 2.27. The van der Waals surface area contributed by atoms with Gasteiger partial charge in [0, 0.05) is 36.0 Å². The number of halogens is 1. The molecule has 3 aromatic rings. The van der Waals surface area contributed by atoms with Crippen molar-refractivity contribution < 1.29 is 14.0 Å². The van der Waals surface area contributed by atoms with Crippen molar-refractivity contribution in [1.82, 2.24) is 10.3 Å². The number of fused-ring (bicyclic) bond motifs is 1. The van der Waals surface area contributed by atoms with E-state index in [1.807, 2.05) is 31.2 Å². The normalized spacial score (nSPS) is 13.6. The van der Waals surface area contributed by atoms with Crippen LogP contribution in [0.1, 0.15) is 46.4 Å². The second-order valence-electron chi connectivity index (χ2n) is 7.19. The van der Waals surface area contributed by atoms with Gasteiger partial charge in [0.1, 0.15) is 0 Å². The minimum Gasteiger partial charge on any atom is -0.341 e. The van der Waals surface area contributed by atoms with Crippen LogP contribution in [0.5, 0.6) is 0 Å². The van der Waals surface area contributed by atoms with Crippen LogP contribution in [0.4, 0.5) is 10.1 Å². The number of carbonyl (C=O) groups is 2. The molecule has 4 rings (SSSR count). The zero-order valence-electron chi connectivity index (χ0n) is 16.6. The van der Waals surface area contributed by atoms with E-state index in [-0.39, 0.29) is 11.8 Å². The molecular formula is C24H22FN3O2. The van der Waals surface area contributed by atoms with Crippen LogP contribution < -0.4 is 10.2 Å². The number of hydrogen-bond acceptors (Lipinski definition) is 3. The van der Waals surface area contributed by atoms with Gasteiger partial charge in [-0.05, 0) is 41.8 Å². The topological polar surface area (TPSA) is 62.3 Å². The second-order valence-corrected chi connectivity index (χ2v) is 7.19. The summed E-state index contributed by atoms with van der Waals surface area (Å²) in [4.78, 5) is 30.5. The summed E-state index contributed by atoms with van der Waals surface area (Å²) in [6, 6.07) is 17.0. The van der Waals surface area contributed by atoms with E-state index >= 15 is 0 Å². The zero-order chi connectivity index (χ0) is 21.1. The number of carbonyl (C=O) groups excluding carboxylic acids is 2. The van der Waals surface area contributed by atoms with E-state index in [0.29, 0.717) is 24.1 Å². The van der Waals surface area contributed by atoms with Crippen molar-refractivity contribution in [1.29, 1.82) is 0 Å². The van der Waals surface area contributed by atoms with Crippen molar-refractivity contribution in [3.63, 3.8) is 0 Å². The van der Waals surface area contributed by atoms with Gasteiger partial charge in [0.2, 0.25) is 11.9 Å². The first-order valence-electron chi connectivity index (χ1n) is 9.98. The Bertz CT molecular complexity index is 1080. The monoisotopic (exact) mass is 403 g/mol. The highest BCUT2D eigenvalue weighted by atomic mass is 19.1. The maximum atomic E-state index is 14.6. The smallest absolute Gasteiger partial charge is 0.252 e. The van der Waals surface area contributed by atoms with E-state index in [9.17, 15) is 14.0 Å². The molecule has 2 amide bonds. The van der Waals surface area contributed by atoms with Crippen LogP contribution in [-0.4, -0.2) is 23.3 Å². The van der Waals surface area contributed by atoms with Gasteiger partial charge >= 0.3 is 0 Å². The summed E-state index contributed by atoms with van der Waals surface area (Å²) in [5.41, 5.74) is 3.42. The molecule has 0 saturated heterocycles. The van der Waals surface area contributed by atoms with Crippen LogP contribution in [-0.2, 0) is 11.2 Å². The van der Waals surface area contributed by atoms with Crippen LogP contribution in [0.15, 0.2) is 66.9 Å². The number of rotatable bonds is 5. The lowest BCUT2D eigenvalue weighted by atomic mass is 9.96. The van der Waals surface area contributed by atoms with Gasteiger partial charge in [0.15, 0.2) is 0 Å². The Morgan fingerprint density at radius 3 is 2.67 bits per heavy atom. The van der Waals surface area contributed by atoms with E-state index in [1.165, 1.54) is 6.20 Å². The molecule has 0 spiro atoms. The number of benzene rings is 2. The number of aromatic nitrogens is 1. The van der Waals surface area contributed by atoms with E-state index in [2.05, 4.69) is 10.3 Å². The summed E-state index contributed by atoms with van der Waals surface area (Å²) in [6.07, 6.45) is 2.55. The molecule has 1 aliphatic heterocycles. The highest BCUT2D eigenvalue weighted by Crippen LogP contribution is 2.33. The Hall–Kier alpha value is -3.54. The number of anilines is 1. The highest BCUT2D eigenvalue weighted by molar-refractivity contribution is 5.96. The van der Waals surface area contributed by atoms with Crippen molar-refractivity contribution in [2.75, 3.05) is 11.4 Å². The lowest BCUT2D eigenvalue weighted by Gasteiger charge is -2.22. The molecule has 152 valence electrons. The first-order valence-corrected chi connectivity index (χ1v) is 9.98. The van der Waals surface area contributed by atoms with Crippen molar-refractivity contribution >= 4 is 17.5 Å². The Morgan fingerprint density at radius 1 is 1.13 bits per heavy atom. The quantitative estimate of drug-likeness (QED) is 0.654. The third kappa shape index (κ3) is 3.81. The van der Waals surface area contributed by atoms with E-state index < -0.39 is 12.0 Å². The molecule has 5 nitrogen and oxygen atoms in total. The Labute approximate surface area is 174 Å². The van der Waals surface area contributed by atoms with Gasteiger partial charge in [-0.25, -0.2) is 4.98 Å². The summed E-state index contributed by atoms with van der Waals surface area (Å²) in [6.45, 7) is 2.47. The molecule has 1 unspecified atom stereocenters. The standard InChI is InChI=1S/C24H22FN3O2/c1-2-21(29)28-14-12-17-15-18(10-11-20(17)28)22(19-9-6-13-26-23(19)25)27-24(30)16-7-4-3-5-8-16/h3-11,13,15,22H,2,12,14H2,1H3,(H,27,30). The first kappa shape index (κ1) is 19.8. The summed E-state index contributed by atoms with van der Waals surface area (Å²) < 4.78 is 14.6. The van der Waals surface area contributed by atoms with Crippen LogP contribution in [0, 0.1) is 5.95 Å². The average Bonchev–Trinajstić information content (AvgIpc) is 3.21. The van der Waals surface area contributed by atoms with E-state index in [1.54, 1.807) is 41.3 Å². The molecular weight excluding hydrogens is 381 g/mol. The van der Waals surface area contributed by atoms with Crippen molar-refractivity contribution in [2.24, 2.45) is 0 Å². The summed E-state index contributed by atoms with van der Waals surface area (Å²) >= 11 is 0. The van der Waals surface area contributed by atoms with Crippen LogP contribution >= 0.6 is 0 Å². The lowest BCUT2D eigenvalue weighted by molar-refractivity contribution is -0.118. The number of amides is 2. The molecule has 6 heteroatoms. The molecule has 0 radical (unpaired) electrons. The Morgan fingerprint density at radius 2 is 1.93 bits per heavy atom. The molecule has 1 N–H and O–H groups in total. The maximum Gasteiger partial charge on any atom is 0.252 e. The fraction of sp³-hybridized carbons (Fsp3) is 0.208. The SMILES string of the molecule is CCC(=O)N1CCc2cc(C(NC(=O)c3ccccc3)c3cccnc3F)ccc21. The maximum absolute atomic E-state index is 14.6. The Balaban J connectivity index is 1.71. The van der Waals surface area contributed by atoms with Crippen molar-refractivity contribution in [3.05, 3.63) is 95.1 Å². The van der Waals surface area contributed by atoms with Gasteiger partial charge in [-0.3, -0.25) is 9.59 Å². The van der Waals surface area contributed by atoms with Crippen LogP contribution in [0.3, 0.4) is 0 Å². The van der Waals surface area contributed by atoms with Crippen molar-refractivity contribution in [3.8, 4) is 0 Å². The van der Waals surface area contributed by atoms with Gasteiger partial charge in [-0.15, -0.1) is 0 Å². The molecule has 1 aromatic heterocycles. The predicted octanol–water partition coefficient (Wildman–Crippen LogP) is 4.04. The van der Waals surface area contributed by atoms with Gasteiger partial charge < -0.3 is 10.2 Å². The van der Waals surface area contributed by atoms with Crippen molar-refractivity contribution in [2.45, 2.75) is 25.8 Å². The summed E-state index contributed by atoms with van der Waals surface area (Å²) in [7, 11) is 0. The lowest BCUT2D eigenvalue weighted by Crippen LogP contribution is -2.30. The minimum atomic E-state index is -0.701. The van der Waals surface area contributed by atoms with Gasteiger partial charge in [-0.2, -0.15) is 4.39 Å². The zero-order valence-corrected chi connectivity index (χ0v) is 16.6. The molecule has 0 aliphatic carbocycles. The Kier molecular flexibility index (Phi) is 5.57. The molecule has 30 heavy (non-hydrogen) atoms. The van der Waals surface area contributed by atoms with Gasteiger partial charge in [0.25, 0.3) is 5.91 Å². The average molecular weight is 403 g/mol. The first-order chi connectivity index (χ1) is 14.6. The fourth-order valence-electron chi connectivity index (χ4n) is 3.81. The number of pyridine rings is 1. The molecule has 0 bridgehead atoms. The molecule has 1 atom stereocenters. The third-order valence-electron chi connectivity index (χ3n) is 5.35. The largest absolute Gasteiger partial charge is 0.341 e. The van der Waals surface area contributed by atoms with E-state index in [0.717, 1.165) is 23.2 Å². The fourth-order valence-corrected chi connectivity index (χ4v) is 3.81. The predicted molar refractivity (Wildman–Crippen MR) is 113 cm³/mol. The van der Waals surface area contributed by atoms with Crippen LogP contribution in [0.25, 0.3) is 0 Å². The molecule has 0 fully saturated rings. The second kappa shape index (κ2) is 8.45. The molecule has 2 heterocycles. The number of nitrogens with one attached hydrogen (secondary N) is 1. The molecule has 2 aromatic carbocycles. The van der Waals surface area contributed by atoms with Gasteiger partial charge in [0.05, 0.1) is 6.04 Å². The third-order valence-corrected chi connectivity index (χ3v) is 5.35. The van der Waals surface area contributed by atoms with E-state index in [4.69, 9.17) is 0 Å². The minimum absolute atomic E-state index is 0.0775. The number of hydrogen-bond donors (Lipinski definition) is 1. The van der Waals surface area contributed by atoms with Crippen LogP contribution in [0.2, 0.25) is 0 Å².